The van der Waals surface area contributed by atoms with Crippen molar-refractivity contribution in [1.29, 1.82) is 0 Å². The number of amides is 1. The molecule has 1 aliphatic heterocycles. The molecule has 1 aliphatic carbocycles. The molecule has 26 heavy (non-hydrogen) atoms. The van der Waals surface area contributed by atoms with Crippen LogP contribution in [0.5, 0.6) is 0 Å². The van der Waals surface area contributed by atoms with Crippen LogP contribution in [0, 0.1) is 5.82 Å². The third kappa shape index (κ3) is 3.73. The van der Waals surface area contributed by atoms with Crippen molar-refractivity contribution >= 4 is 45.4 Å². The quantitative estimate of drug-likeness (QED) is 0.824. The molecule has 2 heterocycles. The van der Waals surface area contributed by atoms with E-state index in [1.165, 1.54) is 23.9 Å². The monoisotopic (exact) mass is 387 g/mol. The number of carbonyl (C=O) groups is 1. The van der Waals surface area contributed by atoms with Gasteiger partial charge in [-0.2, -0.15) is 0 Å². The lowest BCUT2D eigenvalue weighted by molar-refractivity contribution is -0.113. The van der Waals surface area contributed by atoms with Gasteiger partial charge in [0.15, 0.2) is 5.66 Å². The number of nitrogens with zero attached hydrogens (tertiary/aromatic N) is 2. The molecule has 134 valence electrons. The number of halogens is 1. The second-order valence-corrected chi connectivity index (χ2v) is 8.30. The van der Waals surface area contributed by atoms with Gasteiger partial charge < -0.3 is 5.32 Å². The molecule has 7 heteroatoms. The van der Waals surface area contributed by atoms with E-state index < -0.39 is 0 Å². The standard InChI is InChI=1S/C19H18FN3OS2/c20-13-5-7-14(8-6-13)21-16(24)12-26-18-17(15-4-3-11-25-15)22-19(23-18)9-1-2-10-19/h3-8,11H,1-2,9-10,12H2,(H,21,24). The fourth-order valence-electron chi connectivity index (χ4n) is 3.23. The van der Waals surface area contributed by atoms with Crippen molar-refractivity contribution in [3.05, 3.63) is 52.5 Å². The van der Waals surface area contributed by atoms with Gasteiger partial charge in [-0.1, -0.05) is 17.8 Å². The fraction of sp³-hybridized carbons (Fsp3) is 0.316. The lowest BCUT2D eigenvalue weighted by Crippen LogP contribution is -2.17. The Morgan fingerprint density at radius 2 is 1.96 bits per heavy atom. The Balaban J connectivity index is 1.45. The third-order valence-corrected chi connectivity index (χ3v) is 6.30. The largest absolute Gasteiger partial charge is 0.325 e. The Bertz CT molecular complexity index is 853. The number of anilines is 1. The highest BCUT2D eigenvalue weighted by molar-refractivity contribution is 8.16. The Kier molecular flexibility index (Phi) is 4.91. The first-order valence-corrected chi connectivity index (χ1v) is 10.4. The molecule has 1 amide bonds. The maximum absolute atomic E-state index is 13.0. The van der Waals surface area contributed by atoms with Gasteiger partial charge in [0.05, 0.1) is 10.6 Å². The topological polar surface area (TPSA) is 53.8 Å². The maximum atomic E-state index is 13.0. The first-order valence-electron chi connectivity index (χ1n) is 8.56. The number of hydrogen-bond donors (Lipinski definition) is 1. The molecular formula is C19H18FN3OS2. The number of benzene rings is 1. The normalized spacial score (nSPS) is 18.0. The van der Waals surface area contributed by atoms with Gasteiger partial charge in [0.1, 0.15) is 16.6 Å². The van der Waals surface area contributed by atoms with Crippen LogP contribution >= 0.6 is 23.1 Å². The van der Waals surface area contributed by atoms with Gasteiger partial charge in [-0.15, -0.1) is 11.3 Å². The van der Waals surface area contributed by atoms with Gasteiger partial charge in [-0.05, 0) is 61.4 Å². The van der Waals surface area contributed by atoms with E-state index in [4.69, 9.17) is 9.98 Å². The lowest BCUT2D eigenvalue weighted by atomic mass is 10.1. The van der Waals surface area contributed by atoms with Crippen molar-refractivity contribution in [2.75, 3.05) is 11.1 Å². The Morgan fingerprint density at radius 3 is 2.65 bits per heavy atom. The van der Waals surface area contributed by atoms with E-state index in [0.29, 0.717) is 5.69 Å². The van der Waals surface area contributed by atoms with Gasteiger partial charge in [0, 0.05) is 5.69 Å². The molecule has 1 fully saturated rings. The molecule has 1 aromatic heterocycles. The van der Waals surface area contributed by atoms with Crippen LogP contribution in [0.1, 0.15) is 30.6 Å². The predicted octanol–water partition coefficient (Wildman–Crippen LogP) is 4.73. The van der Waals surface area contributed by atoms with Crippen LogP contribution in [0.4, 0.5) is 10.1 Å². The van der Waals surface area contributed by atoms with Crippen LogP contribution in [0.25, 0.3) is 0 Å². The Morgan fingerprint density at radius 1 is 1.19 bits per heavy atom. The highest BCUT2D eigenvalue weighted by Gasteiger charge is 2.39. The summed E-state index contributed by atoms with van der Waals surface area (Å²) >= 11 is 3.06. The molecule has 0 saturated heterocycles. The molecule has 2 aliphatic rings. The molecule has 0 radical (unpaired) electrons. The first kappa shape index (κ1) is 17.4. The highest BCUT2D eigenvalue weighted by atomic mass is 32.2. The Labute approximate surface area is 159 Å². The van der Waals surface area contributed by atoms with Gasteiger partial charge in [0.25, 0.3) is 0 Å². The molecule has 4 nitrogen and oxygen atoms in total. The van der Waals surface area contributed by atoms with Crippen LogP contribution < -0.4 is 5.32 Å². The number of rotatable bonds is 4. The average Bonchev–Trinajstić information content (AvgIpc) is 3.37. The van der Waals surface area contributed by atoms with E-state index in [-0.39, 0.29) is 23.1 Å². The number of thiophene rings is 1. The molecule has 0 bridgehead atoms. The van der Waals surface area contributed by atoms with E-state index in [0.717, 1.165) is 41.3 Å². The zero-order valence-corrected chi connectivity index (χ0v) is 15.7. The van der Waals surface area contributed by atoms with Gasteiger partial charge >= 0.3 is 0 Å². The molecule has 1 spiro atoms. The zero-order valence-electron chi connectivity index (χ0n) is 14.1. The summed E-state index contributed by atoms with van der Waals surface area (Å²) in [4.78, 5) is 23.2. The molecular weight excluding hydrogens is 369 g/mol. The van der Waals surface area contributed by atoms with Crippen LogP contribution in [0.15, 0.2) is 51.8 Å². The summed E-state index contributed by atoms with van der Waals surface area (Å²) in [7, 11) is 0. The second kappa shape index (κ2) is 7.32. The first-order chi connectivity index (χ1) is 12.6. The summed E-state index contributed by atoms with van der Waals surface area (Å²) in [6, 6.07) is 9.82. The predicted molar refractivity (Wildman–Crippen MR) is 107 cm³/mol. The molecule has 1 aromatic carbocycles. The molecule has 2 aromatic rings. The summed E-state index contributed by atoms with van der Waals surface area (Å²) in [5.41, 5.74) is 1.20. The van der Waals surface area contributed by atoms with Gasteiger partial charge in [-0.25, -0.2) is 9.38 Å². The summed E-state index contributed by atoms with van der Waals surface area (Å²) in [5, 5.41) is 5.66. The second-order valence-electron chi connectivity index (χ2n) is 6.39. The molecule has 1 saturated carbocycles. The van der Waals surface area contributed by atoms with Gasteiger partial charge in [0.2, 0.25) is 5.91 Å². The highest BCUT2D eigenvalue weighted by Crippen LogP contribution is 2.40. The summed E-state index contributed by atoms with van der Waals surface area (Å²) in [5.74, 6) is -0.213. The zero-order chi connectivity index (χ0) is 18.0. The molecule has 0 atom stereocenters. The van der Waals surface area contributed by atoms with E-state index in [1.54, 1.807) is 23.5 Å². The third-order valence-electron chi connectivity index (χ3n) is 4.46. The van der Waals surface area contributed by atoms with Crippen molar-refractivity contribution in [1.82, 2.24) is 0 Å². The van der Waals surface area contributed by atoms with Crippen molar-refractivity contribution in [2.24, 2.45) is 9.98 Å². The van der Waals surface area contributed by atoms with Crippen molar-refractivity contribution in [3.8, 4) is 0 Å². The van der Waals surface area contributed by atoms with E-state index >= 15 is 0 Å². The lowest BCUT2D eigenvalue weighted by Gasteiger charge is -2.14. The van der Waals surface area contributed by atoms with Crippen LogP contribution in [0.2, 0.25) is 0 Å². The van der Waals surface area contributed by atoms with Crippen molar-refractivity contribution < 1.29 is 9.18 Å². The fourth-order valence-corrected chi connectivity index (χ4v) is 4.87. The number of hydrogen-bond acceptors (Lipinski definition) is 5. The molecule has 4 rings (SSSR count). The minimum Gasteiger partial charge on any atom is -0.325 e. The Hall–Kier alpha value is -1.99. The van der Waals surface area contributed by atoms with E-state index in [2.05, 4.69) is 5.32 Å². The van der Waals surface area contributed by atoms with Crippen LogP contribution in [0.3, 0.4) is 0 Å². The number of nitrogens with one attached hydrogen (secondary N) is 1. The SMILES string of the molecule is O=C(CSC1=NC2(CCCC2)N=C1c1cccs1)Nc1ccc(F)cc1. The smallest absolute Gasteiger partial charge is 0.234 e. The van der Waals surface area contributed by atoms with Crippen molar-refractivity contribution in [2.45, 2.75) is 31.3 Å². The molecule has 0 unspecified atom stereocenters. The number of aliphatic imine (C=N–C) groups is 2. The number of thioether (sulfide) groups is 1. The minimum atomic E-state index is -0.323. The van der Waals surface area contributed by atoms with Crippen molar-refractivity contribution in [3.63, 3.8) is 0 Å². The maximum Gasteiger partial charge on any atom is 0.234 e. The molecule has 1 N–H and O–H groups in total. The minimum absolute atomic E-state index is 0.137. The van der Waals surface area contributed by atoms with Gasteiger partial charge in [-0.3, -0.25) is 9.79 Å². The van der Waals surface area contributed by atoms with E-state index in [1.807, 2.05) is 17.5 Å². The van der Waals surface area contributed by atoms with Crippen LogP contribution in [-0.2, 0) is 4.79 Å². The number of carbonyl (C=O) groups excluding carboxylic acids is 1. The summed E-state index contributed by atoms with van der Waals surface area (Å²) < 4.78 is 13.0. The summed E-state index contributed by atoms with van der Waals surface area (Å²) in [6.07, 6.45) is 4.25. The summed E-state index contributed by atoms with van der Waals surface area (Å²) in [6.45, 7) is 0. The average molecular weight is 388 g/mol. The van der Waals surface area contributed by atoms with E-state index in [9.17, 15) is 9.18 Å². The van der Waals surface area contributed by atoms with Crippen LogP contribution in [-0.4, -0.2) is 28.1 Å².